The molecule has 0 bridgehead atoms. The largest absolute Gasteiger partial charge is 0.466 e. The monoisotopic (exact) mass is 513 g/mol. The van der Waals surface area contributed by atoms with Crippen LogP contribution in [0.1, 0.15) is 18.9 Å². The van der Waals surface area contributed by atoms with Gasteiger partial charge in [-0.1, -0.05) is 36.1 Å². The Morgan fingerprint density at radius 1 is 1.37 bits per heavy atom. The Labute approximate surface area is 210 Å². The van der Waals surface area contributed by atoms with E-state index < -0.39 is 17.6 Å². The molecule has 35 heavy (non-hydrogen) atoms. The van der Waals surface area contributed by atoms with Gasteiger partial charge in [0, 0.05) is 25.8 Å². The molecule has 2 fully saturated rings. The molecule has 0 radical (unpaired) electrons. The number of ether oxygens (including phenoxy) is 1. The van der Waals surface area contributed by atoms with Crippen LogP contribution in [0.4, 0.5) is 5.82 Å². The first kappa shape index (κ1) is 24.6. The van der Waals surface area contributed by atoms with Gasteiger partial charge in [-0.3, -0.25) is 28.5 Å². The van der Waals surface area contributed by atoms with Crippen LogP contribution in [-0.2, 0) is 19.1 Å². The molecule has 182 valence electrons. The first-order valence-electron chi connectivity index (χ1n) is 10.9. The Kier molecular flexibility index (Phi) is 7.31. The summed E-state index contributed by atoms with van der Waals surface area (Å²) in [6.45, 7) is 6.37. The number of piperazine rings is 1. The maximum Gasteiger partial charge on any atom is 0.308 e. The number of aromatic nitrogens is 2. The zero-order valence-electron chi connectivity index (χ0n) is 18.9. The van der Waals surface area contributed by atoms with E-state index in [4.69, 9.17) is 17.0 Å². The molecule has 4 rings (SSSR count). The fraction of sp³-hybridized carbons (Fsp3) is 0.304. The maximum atomic E-state index is 13.6. The average molecular weight is 514 g/mol. The van der Waals surface area contributed by atoms with Crippen LogP contribution in [-0.4, -0.2) is 68.7 Å². The molecule has 0 saturated carbocycles. The van der Waals surface area contributed by atoms with E-state index in [0.717, 1.165) is 11.8 Å². The number of thioether (sulfide) groups is 1. The third-order valence-corrected chi connectivity index (χ3v) is 6.86. The van der Waals surface area contributed by atoms with Gasteiger partial charge < -0.3 is 15.0 Å². The van der Waals surface area contributed by atoms with E-state index >= 15 is 0 Å². The molecular formula is C23H23N5O5S2. The molecule has 10 nitrogen and oxygen atoms in total. The van der Waals surface area contributed by atoms with Crippen molar-refractivity contribution in [1.82, 2.24) is 19.6 Å². The van der Waals surface area contributed by atoms with Crippen LogP contribution in [0, 0.1) is 0 Å². The molecular weight excluding hydrogens is 490 g/mol. The van der Waals surface area contributed by atoms with Crippen molar-refractivity contribution in [3.63, 3.8) is 0 Å². The van der Waals surface area contributed by atoms with Crippen molar-refractivity contribution in [3.8, 4) is 0 Å². The third-order valence-electron chi connectivity index (χ3n) is 5.48. The van der Waals surface area contributed by atoms with Gasteiger partial charge in [0.1, 0.15) is 21.8 Å². The Morgan fingerprint density at radius 2 is 2.17 bits per heavy atom. The second-order valence-corrected chi connectivity index (χ2v) is 9.35. The maximum absolute atomic E-state index is 13.6. The van der Waals surface area contributed by atoms with Crippen LogP contribution < -0.4 is 15.8 Å². The number of fused-ring (bicyclic) bond motifs is 1. The number of carbonyl (C=O) groups excluding carboxylic acids is 3. The van der Waals surface area contributed by atoms with E-state index in [2.05, 4.69) is 16.9 Å². The van der Waals surface area contributed by atoms with E-state index in [0.29, 0.717) is 23.1 Å². The summed E-state index contributed by atoms with van der Waals surface area (Å²) in [6, 6.07) is 4.18. The van der Waals surface area contributed by atoms with Crippen molar-refractivity contribution in [2.24, 2.45) is 0 Å². The highest BCUT2D eigenvalue weighted by molar-refractivity contribution is 8.26. The van der Waals surface area contributed by atoms with Gasteiger partial charge in [-0.05, 0) is 25.1 Å². The van der Waals surface area contributed by atoms with Crippen LogP contribution in [0.2, 0.25) is 0 Å². The van der Waals surface area contributed by atoms with E-state index in [1.54, 1.807) is 42.3 Å². The number of hydrogen-bond acceptors (Lipinski definition) is 9. The second kappa shape index (κ2) is 10.4. The lowest BCUT2D eigenvalue weighted by Crippen LogP contribution is -2.57. The number of hydrogen-bond donors (Lipinski definition) is 1. The van der Waals surface area contributed by atoms with Gasteiger partial charge in [0.25, 0.3) is 11.5 Å². The summed E-state index contributed by atoms with van der Waals surface area (Å²) in [5.74, 6) is -1.05. The number of thiocarbonyl (C=S) groups is 1. The summed E-state index contributed by atoms with van der Waals surface area (Å²) < 4.78 is 6.77. The molecule has 0 unspecified atom stereocenters. The molecule has 2 aromatic heterocycles. The Balaban J connectivity index is 1.87. The molecule has 2 amide bonds. The highest BCUT2D eigenvalue weighted by atomic mass is 32.2. The number of amides is 2. The molecule has 0 aromatic carbocycles. The average Bonchev–Trinajstić information content (AvgIpc) is 3.10. The summed E-state index contributed by atoms with van der Waals surface area (Å²) in [6.07, 6.45) is 4.39. The first-order valence-corrected chi connectivity index (χ1v) is 12.2. The zero-order valence-corrected chi connectivity index (χ0v) is 20.6. The highest BCUT2D eigenvalue weighted by Crippen LogP contribution is 2.34. The fourth-order valence-electron chi connectivity index (χ4n) is 3.90. The summed E-state index contributed by atoms with van der Waals surface area (Å²) in [4.78, 5) is 59.5. The minimum Gasteiger partial charge on any atom is -0.466 e. The van der Waals surface area contributed by atoms with E-state index in [9.17, 15) is 19.2 Å². The van der Waals surface area contributed by atoms with Gasteiger partial charge in [-0.2, -0.15) is 0 Å². The molecule has 0 aliphatic carbocycles. The molecule has 2 aromatic rings. The topological polar surface area (TPSA) is 113 Å². The number of pyridine rings is 1. The van der Waals surface area contributed by atoms with Crippen LogP contribution >= 0.6 is 24.0 Å². The van der Waals surface area contributed by atoms with Crippen molar-refractivity contribution in [1.29, 1.82) is 0 Å². The lowest BCUT2D eigenvalue weighted by molar-refractivity contribution is -0.145. The van der Waals surface area contributed by atoms with E-state index in [1.165, 1.54) is 15.4 Å². The van der Waals surface area contributed by atoms with Gasteiger partial charge in [0.2, 0.25) is 5.91 Å². The lowest BCUT2D eigenvalue weighted by atomic mass is 10.1. The summed E-state index contributed by atoms with van der Waals surface area (Å²) in [7, 11) is 0. The van der Waals surface area contributed by atoms with E-state index in [-0.39, 0.29) is 47.7 Å². The van der Waals surface area contributed by atoms with Crippen molar-refractivity contribution < 1.29 is 19.1 Å². The quantitative estimate of drug-likeness (QED) is 0.254. The van der Waals surface area contributed by atoms with Crippen molar-refractivity contribution in [2.75, 3.05) is 31.1 Å². The SMILES string of the molecule is C=CCN1C(=O)/C(=C\c2c(N3CCNC(=O)[C@@H]3CC(=O)OCC)nc3ccccn3c2=O)SC1=S. The lowest BCUT2D eigenvalue weighted by Gasteiger charge is -2.36. The molecule has 2 aliphatic heterocycles. The molecule has 2 aliphatic rings. The first-order chi connectivity index (χ1) is 16.8. The van der Waals surface area contributed by atoms with Crippen LogP contribution in [0.15, 0.2) is 46.8 Å². The van der Waals surface area contributed by atoms with Crippen LogP contribution in [0.5, 0.6) is 0 Å². The van der Waals surface area contributed by atoms with Crippen LogP contribution in [0.25, 0.3) is 11.7 Å². The Hall–Kier alpha value is -3.51. The highest BCUT2D eigenvalue weighted by Gasteiger charge is 2.36. The van der Waals surface area contributed by atoms with Crippen molar-refractivity contribution in [3.05, 3.63) is 57.9 Å². The van der Waals surface area contributed by atoms with Gasteiger partial charge in [-0.25, -0.2) is 4.98 Å². The van der Waals surface area contributed by atoms with Gasteiger partial charge in [0.15, 0.2) is 0 Å². The second-order valence-electron chi connectivity index (χ2n) is 7.67. The Bertz CT molecular complexity index is 1320. The van der Waals surface area contributed by atoms with Crippen molar-refractivity contribution >= 4 is 63.6 Å². The number of carbonyl (C=O) groups is 3. The molecule has 1 atom stereocenters. The van der Waals surface area contributed by atoms with Gasteiger partial charge in [-0.15, -0.1) is 6.58 Å². The smallest absolute Gasteiger partial charge is 0.308 e. The molecule has 1 N–H and O–H groups in total. The normalized spacial score (nSPS) is 19.4. The number of rotatable bonds is 7. The van der Waals surface area contributed by atoms with Crippen molar-refractivity contribution in [2.45, 2.75) is 19.4 Å². The summed E-state index contributed by atoms with van der Waals surface area (Å²) >= 11 is 6.39. The molecule has 12 heteroatoms. The number of esters is 1. The van der Waals surface area contributed by atoms with Gasteiger partial charge >= 0.3 is 5.97 Å². The molecule has 4 heterocycles. The molecule has 2 saturated heterocycles. The minimum absolute atomic E-state index is 0.122. The van der Waals surface area contributed by atoms with E-state index in [1.807, 2.05) is 0 Å². The zero-order chi connectivity index (χ0) is 25.1. The summed E-state index contributed by atoms with van der Waals surface area (Å²) in [5, 5.41) is 2.75. The number of nitrogens with zero attached hydrogens (tertiary/aromatic N) is 4. The predicted octanol–water partition coefficient (Wildman–Crippen LogP) is 1.34. The fourth-order valence-corrected chi connectivity index (χ4v) is 5.16. The number of anilines is 1. The predicted molar refractivity (Wildman–Crippen MR) is 137 cm³/mol. The molecule has 0 spiro atoms. The van der Waals surface area contributed by atoms with Crippen LogP contribution in [0.3, 0.4) is 0 Å². The third kappa shape index (κ3) is 4.84. The van der Waals surface area contributed by atoms with Gasteiger partial charge in [0.05, 0.1) is 23.5 Å². The summed E-state index contributed by atoms with van der Waals surface area (Å²) in [5.41, 5.74) is 0.0709. The standard InChI is InChI=1S/C23H23N5O5S2/c1-3-9-28-22(32)16(35-23(28)34)12-14-19(25-17-7-5-6-10-27(17)21(14)31)26-11-8-24-20(30)15(26)13-18(29)33-4-2/h3,5-7,10,12,15H,1,4,8-9,11,13H2,2H3,(H,24,30)/b16-12+/t15-/m0/s1. The minimum atomic E-state index is -0.928. The number of nitrogens with one attached hydrogen (secondary N) is 1. The Morgan fingerprint density at radius 3 is 2.91 bits per heavy atom.